The molecule has 1 heterocycles. The van der Waals surface area contributed by atoms with Gasteiger partial charge in [-0.15, -0.1) is 0 Å². The topological polar surface area (TPSA) is 78.5 Å². The maximum atomic E-state index is 13.0. The summed E-state index contributed by atoms with van der Waals surface area (Å²) in [5.41, 5.74) is 2.71. The van der Waals surface area contributed by atoms with Crippen LogP contribution >= 0.6 is 0 Å². The fraction of sp³-hybridized carbons (Fsp3) is 0.464. The van der Waals surface area contributed by atoms with E-state index in [1.807, 2.05) is 74.2 Å². The van der Waals surface area contributed by atoms with Crippen LogP contribution in [0, 0.1) is 18.8 Å². The van der Waals surface area contributed by atoms with Crippen LogP contribution in [0.1, 0.15) is 54.6 Å². The van der Waals surface area contributed by atoms with Crippen molar-refractivity contribution in [3.63, 3.8) is 0 Å². The highest BCUT2D eigenvalue weighted by molar-refractivity contribution is 5.97. The Morgan fingerprint density at radius 3 is 2.35 bits per heavy atom. The Hall–Kier alpha value is -3.15. The van der Waals surface area contributed by atoms with Gasteiger partial charge in [-0.1, -0.05) is 61.9 Å². The van der Waals surface area contributed by atoms with Crippen LogP contribution in [0.2, 0.25) is 0 Å². The van der Waals surface area contributed by atoms with Gasteiger partial charge >= 0.3 is 0 Å². The van der Waals surface area contributed by atoms with E-state index in [9.17, 15) is 14.4 Å². The van der Waals surface area contributed by atoms with E-state index in [-0.39, 0.29) is 23.6 Å². The molecule has 1 aliphatic rings. The lowest BCUT2D eigenvalue weighted by Crippen LogP contribution is -2.54. The second-order valence-electron chi connectivity index (χ2n) is 9.66. The normalized spacial score (nSPS) is 15.1. The van der Waals surface area contributed by atoms with E-state index in [0.717, 1.165) is 17.5 Å². The summed E-state index contributed by atoms with van der Waals surface area (Å²) in [4.78, 5) is 40.6. The molecule has 1 atom stereocenters. The average molecular weight is 464 g/mol. The Morgan fingerprint density at radius 2 is 1.71 bits per heavy atom. The Labute approximate surface area is 203 Å². The summed E-state index contributed by atoms with van der Waals surface area (Å²) >= 11 is 0. The smallest absolute Gasteiger partial charge is 0.251 e. The number of piperidine rings is 1. The third kappa shape index (κ3) is 7.44. The van der Waals surface area contributed by atoms with Gasteiger partial charge in [0, 0.05) is 31.6 Å². The first-order valence-electron chi connectivity index (χ1n) is 12.3. The van der Waals surface area contributed by atoms with Crippen molar-refractivity contribution in [2.24, 2.45) is 11.8 Å². The van der Waals surface area contributed by atoms with Gasteiger partial charge in [-0.3, -0.25) is 14.4 Å². The Balaban J connectivity index is 1.60. The van der Waals surface area contributed by atoms with Crippen molar-refractivity contribution in [1.82, 2.24) is 15.5 Å². The molecule has 0 radical (unpaired) electrons. The van der Waals surface area contributed by atoms with Crippen molar-refractivity contribution >= 4 is 17.7 Å². The molecule has 0 saturated carbocycles. The fourth-order valence-corrected chi connectivity index (χ4v) is 4.36. The Kier molecular flexibility index (Phi) is 9.25. The number of nitrogens with one attached hydrogen (secondary N) is 2. The molecule has 2 N–H and O–H groups in total. The van der Waals surface area contributed by atoms with Gasteiger partial charge in [0.1, 0.15) is 6.04 Å². The number of hydrogen-bond acceptors (Lipinski definition) is 3. The highest BCUT2D eigenvalue weighted by Crippen LogP contribution is 2.23. The molecule has 1 aliphatic heterocycles. The summed E-state index contributed by atoms with van der Waals surface area (Å²) < 4.78 is 0. The van der Waals surface area contributed by atoms with Crippen molar-refractivity contribution in [3.05, 3.63) is 71.3 Å². The molecule has 0 aromatic heterocycles. The number of carbonyl (C=O) groups excluding carboxylic acids is 3. The molecule has 1 saturated heterocycles. The van der Waals surface area contributed by atoms with E-state index >= 15 is 0 Å². The third-order valence-corrected chi connectivity index (χ3v) is 6.37. The molecule has 6 heteroatoms. The van der Waals surface area contributed by atoms with Gasteiger partial charge in [0.2, 0.25) is 11.8 Å². The largest absolute Gasteiger partial charge is 0.354 e. The fourth-order valence-electron chi connectivity index (χ4n) is 4.36. The lowest BCUT2D eigenvalue weighted by Gasteiger charge is -2.36. The summed E-state index contributed by atoms with van der Waals surface area (Å²) in [5.74, 6) is 0.0606. The first-order valence-corrected chi connectivity index (χ1v) is 12.3. The number of benzene rings is 2. The zero-order valence-corrected chi connectivity index (χ0v) is 20.5. The van der Waals surface area contributed by atoms with E-state index in [2.05, 4.69) is 10.6 Å². The van der Waals surface area contributed by atoms with Crippen LogP contribution in [-0.4, -0.2) is 48.3 Å². The molecule has 1 fully saturated rings. The summed E-state index contributed by atoms with van der Waals surface area (Å²) in [5, 5.41) is 5.98. The summed E-state index contributed by atoms with van der Waals surface area (Å²) in [6.45, 7) is 7.79. The molecule has 6 nitrogen and oxygen atoms in total. The standard InChI is InChI=1S/C28H37N3O3/c1-20(2)19-29-28(34)26(30-27(33)24-11-7-8-21(3)18-24)23-14-16-31(17-15-23)25(32)13-12-22-9-5-4-6-10-22/h4-11,18,20,23,26H,12-17,19H2,1-3H3,(H,29,34)(H,30,33). The van der Waals surface area contributed by atoms with Crippen LogP contribution in [0.15, 0.2) is 54.6 Å². The monoisotopic (exact) mass is 463 g/mol. The molecule has 182 valence electrons. The summed E-state index contributed by atoms with van der Waals surface area (Å²) in [6, 6.07) is 16.8. The lowest BCUT2D eigenvalue weighted by molar-refractivity contribution is -0.133. The molecule has 1 unspecified atom stereocenters. The van der Waals surface area contributed by atoms with Gasteiger partial charge < -0.3 is 15.5 Å². The molecule has 0 spiro atoms. The average Bonchev–Trinajstić information content (AvgIpc) is 2.85. The highest BCUT2D eigenvalue weighted by Gasteiger charge is 2.34. The number of aryl methyl sites for hydroxylation is 2. The molecule has 34 heavy (non-hydrogen) atoms. The van der Waals surface area contributed by atoms with Crippen LogP contribution in [0.4, 0.5) is 0 Å². The molecule has 0 bridgehead atoms. The molecule has 3 rings (SSSR count). The van der Waals surface area contributed by atoms with E-state index < -0.39 is 6.04 Å². The lowest BCUT2D eigenvalue weighted by atomic mass is 9.88. The van der Waals surface area contributed by atoms with E-state index in [4.69, 9.17) is 0 Å². The van der Waals surface area contributed by atoms with Crippen molar-refractivity contribution < 1.29 is 14.4 Å². The van der Waals surface area contributed by atoms with Crippen LogP contribution in [0.5, 0.6) is 0 Å². The molecule has 0 aliphatic carbocycles. The molecule has 2 aromatic rings. The van der Waals surface area contributed by atoms with E-state index in [1.165, 1.54) is 0 Å². The summed E-state index contributed by atoms with van der Waals surface area (Å²) in [7, 11) is 0. The number of amides is 3. The van der Waals surface area contributed by atoms with Crippen molar-refractivity contribution in [2.45, 2.75) is 52.5 Å². The van der Waals surface area contributed by atoms with Crippen LogP contribution in [0.3, 0.4) is 0 Å². The highest BCUT2D eigenvalue weighted by atomic mass is 16.2. The zero-order valence-electron chi connectivity index (χ0n) is 20.5. The number of nitrogens with zero attached hydrogens (tertiary/aromatic N) is 1. The van der Waals surface area contributed by atoms with Crippen molar-refractivity contribution in [1.29, 1.82) is 0 Å². The quantitative estimate of drug-likeness (QED) is 0.595. The van der Waals surface area contributed by atoms with Gasteiger partial charge in [0.05, 0.1) is 0 Å². The van der Waals surface area contributed by atoms with Crippen LogP contribution in [-0.2, 0) is 16.0 Å². The number of hydrogen-bond donors (Lipinski definition) is 2. The first kappa shape index (κ1) is 25.5. The van der Waals surface area contributed by atoms with Gasteiger partial charge in [-0.05, 0) is 55.7 Å². The number of rotatable bonds is 9. The molecule has 3 amide bonds. The van der Waals surface area contributed by atoms with Crippen molar-refractivity contribution in [3.8, 4) is 0 Å². The molecular weight excluding hydrogens is 426 g/mol. The maximum Gasteiger partial charge on any atom is 0.251 e. The first-order chi connectivity index (χ1) is 16.3. The third-order valence-electron chi connectivity index (χ3n) is 6.37. The van der Waals surface area contributed by atoms with Gasteiger partial charge in [0.15, 0.2) is 0 Å². The van der Waals surface area contributed by atoms with Gasteiger partial charge in [-0.2, -0.15) is 0 Å². The Morgan fingerprint density at radius 1 is 1.00 bits per heavy atom. The van der Waals surface area contributed by atoms with E-state index in [0.29, 0.717) is 50.4 Å². The second kappa shape index (κ2) is 12.4. The van der Waals surface area contributed by atoms with E-state index in [1.54, 1.807) is 6.07 Å². The summed E-state index contributed by atoms with van der Waals surface area (Å²) in [6.07, 6.45) is 2.58. The second-order valence-corrected chi connectivity index (χ2v) is 9.66. The number of carbonyl (C=O) groups is 3. The SMILES string of the molecule is Cc1cccc(C(=O)NC(C(=O)NCC(C)C)C2CCN(C(=O)CCc3ccccc3)CC2)c1. The minimum Gasteiger partial charge on any atom is -0.354 e. The van der Waals surface area contributed by atoms with Gasteiger partial charge in [-0.25, -0.2) is 0 Å². The molecule has 2 aromatic carbocycles. The van der Waals surface area contributed by atoms with Crippen LogP contribution in [0.25, 0.3) is 0 Å². The zero-order chi connectivity index (χ0) is 24.5. The van der Waals surface area contributed by atoms with Gasteiger partial charge in [0.25, 0.3) is 5.91 Å². The Bertz CT molecular complexity index is 966. The van der Waals surface area contributed by atoms with Crippen molar-refractivity contribution in [2.75, 3.05) is 19.6 Å². The minimum atomic E-state index is -0.617. The predicted octanol–water partition coefficient (Wildman–Crippen LogP) is 3.74. The molecular formula is C28H37N3O3. The maximum absolute atomic E-state index is 13.0. The minimum absolute atomic E-state index is 0.0147. The number of likely N-dealkylation sites (tertiary alicyclic amines) is 1. The predicted molar refractivity (Wildman–Crippen MR) is 134 cm³/mol. The van der Waals surface area contributed by atoms with Crippen LogP contribution < -0.4 is 10.6 Å².